The monoisotopic (exact) mass is 190 g/mol. The van der Waals surface area contributed by atoms with Crippen molar-refractivity contribution >= 4 is 11.6 Å². The summed E-state index contributed by atoms with van der Waals surface area (Å²) < 4.78 is 1.64. The number of hydrogen-bond acceptors (Lipinski definition) is 3. The lowest BCUT2D eigenvalue weighted by molar-refractivity contribution is 0.0995. The Bertz CT molecular complexity index is 489. The molecular formula is C9H10N4O. The predicted octanol–water partition coefficient (Wildman–Crippen LogP) is 0.391. The molecule has 0 aliphatic heterocycles. The van der Waals surface area contributed by atoms with Gasteiger partial charge < -0.3 is 5.73 Å². The summed E-state index contributed by atoms with van der Waals surface area (Å²) in [6, 6.07) is 3.56. The Hall–Kier alpha value is -1.91. The highest BCUT2D eigenvalue weighted by atomic mass is 16.1. The molecule has 0 saturated heterocycles. The van der Waals surface area contributed by atoms with Crippen LogP contribution in [0.2, 0.25) is 0 Å². The van der Waals surface area contributed by atoms with Crippen LogP contribution in [-0.4, -0.2) is 20.5 Å². The second-order valence-corrected chi connectivity index (χ2v) is 2.92. The van der Waals surface area contributed by atoms with Gasteiger partial charge in [0.25, 0.3) is 5.91 Å². The molecule has 5 heteroatoms. The molecule has 0 aromatic carbocycles. The summed E-state index contributed by atoms with van der Waals surface area (Å²) in [5.41, 5.74) is 6.93. The van der Waals surface area contributed by atoms with Crippen molar-refractivity contribution in [2.24, 2.45) is 5.73 Å². The van der Waals surface area contributed by atoms with Crippen LogP contribution in [-0.2, 0) is 6.42 Å². The fraction of sp³-hybridized carbons (Fsp3) is 0.222. The molecular weight excluding hydrogens is 180 g/mol. The summed E-state index contributed by atoms with van der Waals surface area (Å²) in [5.74, 6) is -0.507. The van der Waals surface area contributed by atoms with Crippen molar-refractivity contribution in [1.82, 2.24) is 14.6 Å². The lowest BCUT2D eigenvalue weighted by atomic mass is 10.2. The van der Waals surface area contributed by atoms with Gasteiger partial charge in [-0.1, -0.05) is 6.92 Å². The number of amides is 1. The molecule has 2 rings (SSSR count). The van der Waals surface area contributed by atoms with Gasteiger partial charge in [0.05, 0.1) is 5.69 Å². The molecule has 0 atom stereocenters. The molecule has 72 valence electrons. The fourth-order valence-electron chi connectivity index (χ4n) is 1.45. The molecule has 2 aromatic rings. The van der Waals surface area contributed by atoms with Gasteiger partial charge in [-0.3, -0.25) is 4.79 Å². The molecule has 2 N–H and O–H groups in total. The molecule has 2 aromatic heterocycles. The van der Waals surface area contributed by atoms with E-state index in [9.17, 15) is 4.79 Å². The zero-order valence-electron chi connectivity index (χ0n) is 7.77. The summed E-state index contributed by atoms with van der Waals surface area (Å²) >= 11 is 0. The van der Waals surface area contributed by atoms with Crippen LogP contribution >= 0.6 is 0 Å². The Kier molecular flexibility index (Phi) is 1.92. The summed E-state index contributed by atoms with van der Waals surface area (Å²) in [5, 5.41) is 4.10. The quantitative estimate of drug-likeness (QED) is 0.744. The maximum atomic E-state index is 11.1. The molecule has 0 spiro atoms. The van der Waals surface area contributed by atoms with E-state index in [0.717, 1.165) is 5.69 Å². The van der Waals surface area contributed by atoms with Crippen LogP contribution in [0, 0.1) is 0 Å². The van der Waals surface area contributed by atoms with E-state index in [1.54, 1.807) is 22.8 Å². The van der Waals surface area contributed by atoms with Crippen LogP contribution in [0.3, 0.4) is 0 Å². The average Bonchev–Trinajstić information content (AvgIpc) is 2.56. The first kappa shape index (κ1) is 8.68. The third-order valence-corrected chi connectivity index (χ3v) is 2.05. The number of carbonyl (C=O) groups excluding carboxylic acids is 1. The molecule has 0 aliphatic carbocycles. The summed E-state index contributed by atoms with van der Waals surface area (Å²) in [4.78, 5) is 15.2. The van der Waals surface area contributed by atoms with Crippen molar-refractivity contribution in [3.63, 3.8) is 0 Å². The SMILES string of the molecule is CCc1c(C(N)=O)nc2cccnn12. The first-order valence-electron chi connectivity index (χ1n) is 4.36. The highest BCUT2D eigenvalue weighted by Gasteiger charge is 2.14. The maximum absolute atomic E-state index is 11.1. The average molecular weight is 190 g/mol. The fourth-order valence-corrected chi connectivity index (χ4v) is 1.45. The van der Waals surface area contributed by atoms with Gasteiger partial charge in [0.15, 0.2) is 11.3 Å². The normalized spacial score (nSPS) is 10.6. The third kappa shape index (κ3) is 1.14. The highest BCUT2D eigenvalue weighted by Crippen LogP contribution is 2.10. The van der Waals surface area contributed by atoms with Crippen LogP contribution in [0.15, 0.2) is 18.3 Å². The number of aryl methyl sites for hydroxylation is 1. The molecule has 1 amide bonds. The molecule has 0 aliphatic rings. The van der Waals surface area contributed by atoms with E-state index in [2.05, 4.69) is 10.1 Å². The second kappa shape index (κ2) is 3.10. The number of fused-ring (bicyclic) bond motifs is 1. The van der Waals surface area contributed by atoms with Crippen molar-refractivity contribution in [2.75, 3.05) is 0 Å². The lowest BCUT2D eigenvalue weighted by Gasteiger charge is -1.96. The summed E-state index contributed by atoms with van der Waals surface area (Å²) in [6.07, 6.45) is 2.33. The third-order valence-electron chi connectivity index (χ3n) is 2.05. The first-order chi connectivity index (χ1) is 6.74. The summed E-state index contributed by atoms with van der Waals surface area (Å²) in [7, 11) is 0. The molecule has 0 bridgehead atoms. The Morgan fingerprint density at radius 2 is 2.43 bits per heavy atom. The Balaban J connectivity index is 2.78. The predicted molar refractivity (Wildman–Crippen MR) is 50.9 cm³/mol. The van der Waals surface area contributed by atoms with E-state index in [1.165, 1.54) is 0 Å². The minimum Gasteiger partial charge on any atom is -0.364 e. The van der Waals surface area contributed by atoms with Gasteiger partial charge in [-0.2, -0.15) is 5.10 Å². The van der Waals surface area contributed by atoms with E-state index in [-0.39, 0.29) is 0 Å². The smallest absolute Gasteiger partial charge is 0.269 e. The molecule has 0 radical (unpaired) electrons. The van der Waals surface area contributed by atoms with Crippen LogP contribution < -0.4 is 5.73 Å². The number of rotatable bonds is 2. The van der Waals surface area contributed by atoms with Gasteiger partial charge in [0, 0.05) is 6.20 Å². The molecule has 5 nitrogen and oxygen atoms in total. The van der Waals surface area contributed by atoms with E-state index < -0.39 is 5.91 Å². The molecule has 0 saturated carbocycles. The van der Waals surface area contributed by atoms with Crippen LogP contribution in [0.1, 0.15) is 23.1 Å². The lowest BCUT2D eigenvalue weighted by Crippen LogP contribution is -2.14. The van der Waals surface area contributed by atoms with Gasteiger partial charge in [-0.05, 0) is 18.6 Å². The molecule has 2 heterocycles. The first-order valence-corrected chi connectivity index (χ1v) is 4.36. The van der Waals surface area contributed by atoms with Crippen LogP contribution in [0.25, 0.3) is 5.65 Å². The van der Waals surface area contributed by atoms with Crippen molar-refractivity contribution in [3.8, 4) is 0 Å². The van der Waals surface area contributed by atoms with Crippen molar-refractivity contribution < 1.29 is 4.79 Å². The van der Waals surface area contributed by atoms with E-state index in [1.807, 2.05) is 6.92 Å². The standard InChI is InChI=1S/C9H10N4O/c1-2-6-8(9(10)14)12-7-4-3-5-11-13(6)7/h3-5H,2H2,1H3,(H2,10,14). The largest absolute Gasteiger partial charge is 0.364 e. The zero-order chi connectivity index (χ0) is 10.1. The molecule has 0 unspecified atom stereocenters. The van der Waals surface area contributed by atoms with Crippen LogP contribution in [0.4, 0.5) is 0 Å². The zero-order valence-corrected chi connectivity index (χ0v) is 7.77. The van der Waals surface area contributed by atoms with Gasteiger partial charge >= 0.3 is 0 Å². The van der Waals surface area contributed by atoms with Gasteiger partial charge in [-0.25, -0.2) is 9.50 Å². The number of nitrogens with two attached hydrogens (primary N) is 1. The highest BCUT2D eigenvalue weighted by molar-refractivity contribution is 5.92. The number of carbonyl (C=O) groups is 1. The number of nitrogens with zero attached hydrogens (tertiary/aromatic N) is 3. The van der Waals surface area contributed by atoms with Gasteiger partial charge in [0.2, 0.25) is 0 Å². The number of aromatic nitrogens is 3. The molecule has 0 fully saturated rings. The van der Waals surface area contributed by atoms with Gasteiger partial charge in [-0.15, -0.1) is 0 Å². The maximum Gasteiger partial charge on any atom is 0.269 e. The minimum atomic E-state index is -0.507. The van der Waals surface area contributed by atoms with Crippen molar-refractivity contribution in [3.05, 3.63) is 29.7 Å². The van der Waals surface area contributed by atoms with E-state index in [4.69, 9.17) is 5.73 Å². The number of hydrogen-bond donors (Lipinski definition) is 1. The Morgan fingerprint density at radius 1 is 1.64 bits per heavy atom. The second-order valence-electron chi connectivity index (χ2n) is 2.92. The summed E-state index contributed by atoms with van der Waals surface area (Å²) in [6.45, 7) is 1.94. The van der Waals surface area contributed by atoms with Crippen molar-refractivity contribution in [1.29, 1.82) is 0 Å². The number of imidazole rings is 1. The van der Waals surface area contributed by atoms with Gasteiger partial charge in [0.1, 0.15) is 0 Å². The Labute approximate surface area is 80.6 Å². The van der Waals surface area contributed by atoms with E-state index >= 15 is 0 Å². The topological polar surface area (TPSA) is 73.3 Å². The van der Waals surface area contributed by atoms with Crippen LogP contribution in [0.5, 0.6) is 0 Å². The number of primary amides is 1. The molecule has 14 heavy (non-hydrogen) atoms. The Morgan fingerprint density at radius 3 is 3.07 bits per heavy atom. The van der Waals surface area contributed by atoms with E-state index in [0.29, 0.717) is 17.8 Å². The minimum absolute atomic E-state index is 0.311. The van der Waals surface area contributed by atoms with Crippen molar-refractivity contribution in [2.45, 2.75) is 13.3 Å².